The second kappa shape index (κ2) is 6.97. The standard InChI is InChI=1S/C15H15ClN2O3/c1-21-11-5-2-4-10(8-11)17-15(20)18-14-7-3-6-13(16)12(14)9-19/h2-8,19H,9H2,1H3,(H2,17,18,20). The number of nitrogens with one attached hydrogen (secondary N) is 2. The minimum atomic E-state index is -0.430. The average Bonchev–Trinajstić information content (AvgIpc) is 2.47. The van der Waals surface area contributed by atoms with Crippen molar-refractivity contribution in [3.05, 3.63) is 53.1 Å². The number of aliphatic hydroxyl groups excluding tert-OH is 1. The molecule has 2 aromatic carbocycles. The fraction of sp³-hybridized carbons (Fsp3) is 0.133. The lowest BCUT2D eigenvalue weighted by Gasteiger charge is -2.12. The number of urea groups is 1. The van der Waals surface area contributed by atoms with Crippen LogP contribution in [0.2, 0.25) is 5.02 Å². The van der Waals surface area contributed by atoms with Gasteiger partial charge in [0.05, 0.1) is 13.7 Å². The molecule has 5 nitrogen and oxygen atoms in total. The number of methoxy groups -OCH3 is 1. The maximum Gasteiger partial charge on any atom is 0.323 e. The molecule has 0 fully saturated rings. The molecule has 0 aliphatic heterocycles. The van der Waals surface area contributed by atoms with Gasteiger partial charge in [-0.2, -0.15) is 0 Å². The van der Waals surface area contributed by atoms with Crippen molar-refractivity contribution in [3.8, 4) is 5.75 Å². The summed E-state index contributed by atoms with van der Waals surface area (Å²) < 4.78 is 5.08. The molecule has 2 amide bonds. The summed E-state index contributed by atoms with van der Waals surface area (Å²) in [7, 11) is 1.55. The molecule has 0 heterocycles. The molecule has 6 heteroatoms. The van der Waals surface area contributed by atoms with Crippen LogP contribution in [-0.2, 0) is 6.61 Å². The number of carbonyl (C=O) groups excluding carboxylic acids is 1. The summed E-state index contributed by atoms with van der Waals surface area (Å²) in [6, 6.07) is 11.6. The summed E-state index contributed by atoms with van der Waals surface area (Å²) in [5, 5.41) is 15.0. The molecule has 0 unspecified atom stereocenters. The van der Waals surface area contributed by atoms with E-state index in [2.05, 4.69) is 10.6 Å². The van der Waals surface area contributed by atoms with E-state index >= 15 is 0 Å². The average molecular weight is 307 g/mol. The number of aliphatic hydroxyl groups is 1. The van der Waals surface area contributed by atoms with Crippen molar-refractivity contribution in [2.24, 2.45) is 0 Å². The molecular weight excluding hydrogens is 292 g/mol. The third kappa shape index (κ3) is 3.87. The highest BCUT2D eigenvalue weighted by Crippen LogP contribution is 2.24. The minimum absolute atomic E-state index is 0.256. The Hall–Kier alpha value is -2.24. The normalized spacial score (nSPS) is 10.0. The van der Waals surface area contributed by atoms with Crippen LogP contribution in [-0.4, -0.2) is 18.2 Å². The highest BCUT2D eigenvalue weighted by Gasteiger charge is 2.09. The zero-order valence-corrected chi connectivity index (χ0v) is 12.1. The summed E-state index contributed by atoms with van der Waals surface area (Å²) in [5.74, 6) is 0.645. The third-order valence-electron chi connectivity index (χ3n) is 2.85. The SMILES string of the molecule is COc1cccc(NC(=O)Nc2cccc(Cl)c2CO)c1. The van der Waals surface area contributed by atoms with E-state index in [1.54, 1.807) is 49.6 Å². The van der Waals surface area contributed by atoms with Crippen LogP contribution in [0.3, 0.4) is 0 Å². The van der Waals surface area contributed by atoms with Gasteiger partial charge < -0.3 is 20.5 Å². The van der Waals surface area contributed by atoms with Crippen molar-refractivity contribution in [2.45, 2.75) is 6.61 Å². The number of rotatable bonds is 4. The Labute approximate surface area is 127 Å². The Morgan fingerprint density at radius 3 is 2.71 bits per heavy atom. The number of carbonyl (C=O) groups is 1. The Kier molecular flexibility index (Phi) is 5.03. The van der Waals surface area contributed by atoms with Gasteiger partial charge in [0.2, 0.25) is 0 Å². The molecule has 2 rings (SSSR count). The van der Waals surface area contributed by atoms with Crippen LogP contribution in [0.25, 0.3) is 0 Å². The van der Waals surface area contributed by atoms with Crippen molar-refractivity contribution >= 4 is 29.0 Å². The zero-order chi connectivity index (χ0) is 15.2. The molecule has 0 aliphatic carbocycles. The molecule has 0 atom stereocenters. The first kappa shape index (κ1) is 15.2. The van der Waals surface area contributed by atoms with Gasteiger partial charge in [0, 0.05) is 28.0 Å². The van der Waals surface area contributed by atoms with Crippen molar-refractivity contribution in [1.29, 1.82) is 0 Å². The van der Waals surface area contributed by atoms with Gasteiger partial charge in [-0.05, 0) is 24.3 Å². The van der Waals surface area contributed by atoms with E-state index in [1.165, 1.54) is 0 Å². The largest absolute Gasteiger partial charge is 0.497 e. The number of amides is 2. The number of anilines is 2. The van der Waals surface area contributed by atoms with Crippen LogP contribution in [0.15, 0.2) is 42.5 Å². The predicted molar refractivity (Wildman–Crippen MR) is 83.0 cm³/mol. The summed E-state index contributed by atoms with van der Waals surface area (Å²) >= 11 is 5.96. The quantitative estimate of drug-likeness (QED) is 0.810. The van der Waals surface area contributed by atoms with Crippen LogP contribution in [0.4, 0.5) is 16.2 Å². The molecular formula is C15H15ClN2O3. The lowest BCUT2D eigenvalue weighted by Crippen LogP contribution is -2.20. The number of hydrogen-bond acceptors (Lipinski definition) is 3. The molecule has 0 aromatic heterocycles. The van der Waals surface area contributed by atoms with Crippen LogP contribution >= 0.6 is 11.6 Å². The number of ether oxygens (including phenoxy) is 1. The third-order valence-corrected chi connectivity index (χ3v) is 3.21. The fourth-order valence-electron chi connectivity index (χ4n) is 1.82. The molecule has 0 saturated carbocycles. The van der Waals surface area contributed by atoms with Gasteiger partial charge in [-0.25, -0.2) is 4.79 Å². The Morgan fingerprint density at radius 2 is 2.00 bits per heavy atom. The van der Waals surface area contributed by atoms with Crippen LogP contribution < -0.4 is 15.4 Å². The summed E-state index contributed by atoms with van der Waals surface area (Å²) in [6.45, 7) is -0.256. The van der Waals surface area contributed by atoms with Gasteiger partial charge in [-0.3, -0.25) is 0 Å². The van der Waals surface area contributed by atoms with Crippen molar-refractivity contribution in [3.63, 3.8) is 0 Å². The van der Waals surface area contributed by atoms with Crippen LogP contribution in [0.1, 0.15) is 5.56 Å². The number of benzene rings is 2. The first-order valence-electron chi connectivity index (χ1n) is 6.24. The smallest absolute Gasteiger partial charge is 0.323 e. The molecule has 0 saturated heterocycles. The van der Waals surface area contributed by atoms with E-state index in [4.69, 9.17) is 16.3 Å². The highest BCUT2D eigenvalue weighted by molar-refractivity contribution is 6.31. The Morgan fingerprint density at radius 1 is 1.24 bits per heavy atom. The van der Waals surface area contributed by atoms with E-state index in [9.17, 15) is 9.90 Å². The molecule has 110 valence electrons. The first-order valence-corrected chi connectivity index (χ1v) is 6.62. The van der Waals surface area contributed by atoms with Crippen LogP contribution in [0, 0.1) is 0 Å². The van der Waals surface area contributed by atoms with E-state index in [-0.39, 0.29) is 6.61 Å². The number of hydrogen-bond donors (Lipinski definition) is 3. The van der Waals surface area contributed by atoms with Gasteiger partial charge in [-0.15, -0.1) is 0 Å². The van der Waals surface area contributed by atoms with Gasteiger partial charge in [0.1, 0.15) is 5.75 Å². The maximum absolute atomic E-state index is 12.0. The Balaban J connectivity index is 2.10. The van der Waals surface area contributed by atoms with E-state index in [0.29, 0.717) is 27.7 Å². The van der Waals surface area contributed by atoms with Crippen LogP contribution in [0.5, 0.6) is 5.75 Å². The fourth-order valence-corrected chi connectivity index (χ4v) is 2.06. The van der Waals surface area contributed by atoms with Crippen molar-refractivity contribution in [2.75, 3.05) is 17.7 Å². The second-order valence-corrected chi connectivity index (χ2v) is 4.64. The molecule has 0 radical (unpaired) electrons. The van der Waals surface area contributed by atoms with Gasteiger partial charge in [-0.1, -0.05) is 23.7 Å². The molecule has 0 spiro atoms. The lowest BCUT2D eigenvalue weighted by molar-refractivity contribution is 0.262. The molecule has 3 N–H and O–H groups in total. The lowest BCUT2D eigenvalue weighted by atomic mass is 10.2. The molecule has 0 aliphatic rings. The van der Waals surface area contributed by atoms with E-state index < -0.39 is 6.03 Å². The van der Waals surface area contributed by atoms with Gasteiger partial charge >= 0.3 is 6.03 Å². The molecule has 2 aromatic rings. The summed E-state index contributed by atoms with van der Waals surface area (Å²) in [5.41, 5.74) is 1.53. The molecule has 21 heavy (non-hydrogen) atoms. The monoisotopic (exact) mass is 306 g/mol. The predicted octanol–water partition coefficient (Wildman–Crippen LogP) is 3.48. The second-order valence-electron chi connectivity index (χ2n) is 4.24. The Bertz CT molecular complexity index is 647. The first-order chi connectivity index (χ1) is 10.1. The minimum Gasteiger partial charge on any atom is -0.497 e. The molecule has 0 bridgehead atoms. The zero-order valence-electron chi connectivity index (χ0n) is 11.4. The highest BCUT2D eigenvalue weighted by atomic mass is 35.5. The van der Waals surface area contributed by atoms with E-state index in [1.807, 2.05) is 0 Å². The van der Waals surface area contributed by atoms with Crippen molar-refractivity contribution in [1.82, 2.24) is 0 Å². The van der Waals surface area contributed by atoms with Crippen molar-refractivity contribution < 1.29 is 14.6 Å². The van der Waals surface area contributed by atoms with Gasteiger partial charge in [0.25, 0.3) is 0 Å². The van der Waals surface area contributed by atoms with Gasteiger partial charge in [0.15, 0.2) is 0 Å². The summed E-state index contributed by atoms with van der Waals surface area (Å²) in [6.07, 6.45) is 0. The maximum atomic E-state index is 12.0. The number of halogens is 1. The van der Waals surface area contributed by atoms with E-state index in [0.717, 1.165) is 0 Å². The summed E-state index contributed by atoms with van der Waals surface area (Å²) in [4.78, 5) is 12.0. The topological polar surface area (TPSA) is 70.6 Å².